The maximum Gasteiger partial charge on any atom is 0.237 e. The molecule has 0 spiro atoms. The monoisotopic (exact) mass is 186 g/mol. The van der Waals surface area contributed by atoms with Crippen LogP contribution in [0.5, 0.6) is 0 Å². The molecule has 0 bridgehead atoms. The fourth-order valence-corrected chi connectivity index (χ4v) is 0.762. The van der Waals surface area contributed by atoms with Gasteiger partial charge in [0, 0.05) is 0 Å². The van der Waals surface area contributed by atoms with E-state index < -0.39 is 5.54 Å². The van der Waals surface area contributed by atoms with Crippen molar-refractivity contribution in [2.45, 2.75) is 39.2 Å². The maximum absolute atomic E-state index is 10.9. The summed E-state index contributed by atoms with van der Waals surface area (Å²) in [6.07, 6.45) is 3.27. The topological polar surface area (TPSA) is 55.1 Å². The molecule has 0 aromatic heterocycles. The third-order valence-corrected chi connectivity index (χ3v) is 1.94. The highest BCUT2D eigenvalue weighted by molar-refractivity contribution is 5.84. The highest BCUT2D eigenvalue weighted by Gasteiger charge is 2.27. The summed E-state index contributed by atoms with van der Waals surface area (Å²) in [5, 5.41) is 2.89. The Labute approximate surface area is 81.4 Å². The average Bonchev–Trinajstić information content (AvgIpc) is 2.17. The van der Waals surface area contributed by atoms with Gasteiger partial charge in [-0.3, -0.25) is 4.79 Å². The minimum Gasteiger partial charge on any atom is -0.368 e. The minimum atomic E-state index is -0.589. The highest BCUT2D eigenvalue weighted by atomic mass is 16.1. The van der Waals surface area contributed by atoms with Crippen molar-refractivity contribution in [3.63, 3.8) is 0 Å². The Morgan fingerprint density at radius 3 is 2.31 bits per heavy atom. The van der Waals surface area contributed by atoms with E-state index in [1.807, 2.05) is 13.8 Å². The van der Waals surface area contributed by atoms with Crippen molar-refractivity contribution in [1.29, 1.82) is 0 Å². The Kier molecular flexibility index (Phi) is 8.81. The SMILES string of the molecule is C=CCC[C@](C)(NC)C(N)=O.CC. The van der Waals surface area contributed by atoms with Gasteiger partial charge in [-0.1, -0.05) is 19.9 Å². The van der Waals surface area contributed by atoms with Crippen molar-refractivity contribution in [2.75, 3.05) is 7.05 Å². The quantitative estimate of drug-likeness (QED) is 0.638. The minimum absolute atomic E-state index is 0.318. The van der Waals surface area contributed by atoms with Gasteiger partial charge in [-0.05, 0) is 26.8 Å². The molecule has 0 aromatic carbocycles. The predicted octanol–water partition coefficient (Wildman–Crippen LogP) is 1.44. The van der Waals surface area contributed by atoms with E-state index in [2.05, 4.69) is 11.9 Å². The summed E-state index contributed by atoms with van der Waals surface area (Å²) >= 11 is 0. The smallest absolute Gasteiger partial charge is 0.237 e. The number of carbonyl (C=O) groups excluding carboxylic acids is 1. The molecule has 0 fully saturated rings. The summed E-state index contributed by atoms with van der Waals surface area (Å²) in [6, 6.07) is 0. The maximum atomic E-state index is 10.9. The van der Waals surface area contributed by atoms with Crippen LogP contribution in [0.1, 0.15) is 33.6 Å². The van der Waals surface area contributed by atoms with Crippen LogP contribution >= 0.6 is 0 Å². The molecular formula is C10H22N2O. The number of amides is 1. The molecule has 3 heteroatoms. The van der Waals surface area contributed by atoms with E-state index in [9.17, 15) is 4.79 Å². The number of nitrogens with one attached hydrogen (secondary N) is 1. The van der Waals surface area contributed by atoms with Crippen LogP contribution in [0.25, 0.3) is 0 Å². The predicted molar refractivity (Wildman–Crippen MR) is 57.4 cm³/mol. The first kappa shape index (κ1) is 14.7. The van der Waals surface area contributed by atoms with Crippen molar-refractivity contribution in [3.8, 4) is 0 Å². The molecule has 0 aliphatic carbocycles. The molecule has 78 valence electrons. The molecule has 0 radical (unpaired) electrons. The molecule has 0 saturated heterocycles. The normalized spacial score (nSPS) is 13.5. The zero-order valence-electron chi connectivity index (χ0n) is 9.18. The van der Waals surface area contributed by atoms with Gasteiger partial charge < -0.3 is 11.1 Å². The summed E-state index contributed by atoms with van der Waals surface area (Å²) in [5.41, 5.74) is 4.60. The van der Waals surface area contributed by atoms with Crippen LogP contribution < -0.4 is 11.1 Å². The largest absolute Gasteiger partial charge is 0.368 e. The summed E-state index contributed by atoms with van der Waals surface area (Å²) in [5.74, 6) is -0.318. The molecule has 13 heavy (non-hydrogen) atoms. The molecule has 0 aliphatic rings. The summed E-state index contributed by atoms with van der Waals surface area (Å²) in [4.78, 5) is 10.9. The number of allylic oxidation sites excluding steroid dienone is 1. The van der Waals surface area contributed by atoms with E-state index in [4.69, 9.17) is 5.73 Å². The molecule has 1 atom stereocenters. The van der Waals surface area contributed by atoms with Gasteiger partial charge in [-0.25, -0.2) is 0 Å². The van der Waals surface area contributed by atoms with E-state index >= 15 is 0 Å². The summed E-state index contributed by atoms with van der Waals surface area (Å²) in [7, 11) is 1.73. The average molecular weight is 186 g/mol. The number of rotatable bonds is 5. The number of nitrogens with two attached hydrogens (primary N) is 1. The van der Waals surface area contributed by atoms with Crippen LogP contribution in [0, 0.1) is 0 Å². The second kappa shape index (κ2) is 7.80. The fraction of sp³-hybridized carbons (Fsp3) is 0.700. The van der Waals surface area contributed by atoms with Gasteiger partial charge in [0.05, 0.1) is 5.54 Å². The highest BCUT2D eigenvalue weighted by Crippen LogP contribution is 2.10. The number of hydrogen-bond donors (Lipinski definition) is 2. The van der Waals surface area contributed by atoms with Crippen LogP contribution in [-0.2, 0) is 4.79 Å². The second-order valence-electron chi connectivity index (χ2n) is 2.77. The lowest BCUT2D eigenvalue weighted by Crippen LogP contribution is -2.51. The molecular weight excluding hydrogens is 164 g/mol. The van der Waals surface area contributed by atoms with E-state index in [1.54, 1.807) is 20.0 Å². The number of likely N-dealkylation sites (N-methyl/N-ethyl adjacent to an activating group) is 1. The van der Waals surface area contributed by atoms with Crippen LogP contribution in [0.4, 0.5) is 0 Å². The van der Waals surface area contributed by atoms with Gasteiger partial charge in [0.25, 0.3) is 0 Å². The van der Waals surface area contributed by atoms with E-state index in [1.165, 1.54) is 0 Å². The fourth-order valence-electron chi connectivity index (χ4n) is 0.762. The Balaban J connectivity index is 0. The van der Waals surface area contributed by atoms with Gasteiger partial charge in [0.1, 0.15) is 0 Å². The van der Waals surface area contributed by atoms with Gasteiger partial charge in [0.15, 0.2) is 0 Å². The van der Waals surface area contributed by atoms with Crippen molar-refractivity contribution in [1.82, 2.24) is 5.32 Å². The van der Waals surface area contributed by atoms with Crippen LogP contribution in [0.3, 0.4) is 0 Å². The standard InChI is InChI=1S/C8H16N2O.C2H6/c1-4-5-6-8(2,10-3)7(9)11;1-2/h4,10H,1,5-6H2,2-3H3,(H2,9,11);1-2H3/t8-;/m0./s1. The summed E-state index contributed by atoms with van der Waals surface area (Å²) in [6.45, 7) is 9.37. The number of hydrogen-bond acceptors (Lipinski definition) is 2. The van der Waals surface area contributed by atoms with E-state index in [0.29, 0.717) is 6.42 Å². The van der Waals surface area contributed by atoms with E-state index in [-0.39, 0.29) is 5.91 Å². The molecule has 0 unspecified atom stereocenters. The van der Waals surface area contributed by atoms with Gasteiger partial charge in [-0.15, -0.1) is 6.58 Å². The first-order chi connectivity index (χ1) is 6.06. The van der Waals surface area contributed by atoms with Crippen molar-refractivity contribution in [3.05, 3.63) is 12.7 Å². The molecule has 0 aliphatic heterocycles. The van der Waals surface area contributed by atoms with Crippen LogP contribution in [0.15, 0.2) is 12.7 Å². The Hall–Kier alpha value is -0.830. The molecule has 0 saturated carbocycles. The zero-order valence-corrected chi connectivity index (χ0v) is 9.18. The van der Waals surface area contributed by atoms with Crippen molar-refractivity contribution in [2.24, 2.45) is 5.73 Å². The molecule has 3 N–H and O–H groups in total. The lowest BCUT2D eigenvalue weighted by molar-refractivity contribution is -0.123. The van der Waals surface area contributed by atoms with Gasteiger partial charge >= 0.3 is 0 Å². The molecule has 0 aromatic rings. The third-order valence-electron chi connectivity index (χ3n) is 1.94. The van der Waals surface area contributed by atoms with Gasteiger partial charge in [-0.2, -0.15) is 0 Å². The zero-order chi connectivity index (χ0) is 10.9. The molecule has 0 heterocycles. The van der Waals surface area contributed by atoms with Crippen LogP contribution in [-0.4, -0.2) is 18.5 Å². The lowest BCUT2D eigenvalue weighted by Gasteiger charge is -2.24. The molecule has 3 nitrogen and oxygen atoms in total. The second-order valence-corrected chi connectivity index (χ2v) is 2.77. The Morgan fingerprint density at radius 2 is 2.08 bits per heavy atom. The summed E-state index contributed by atoms with van der Waals surface area (Å²) < 4.78 is 0. The first-order valence-electron chi connectivity index (χ1n) is 4.66. The molecule has 1 amide bonds. The van der Waals surface area contributed by atoms with E-state index in [0.717, 1.165) is 6.42 Å². The Morgan fingerprint density at radius 1 is 1.62 bits per heavy atom. The third kappa shape index (κ3) is 5.42. The van der Waals surface area contributed by atoms with Crippen molar-refractivity contribution >= 4 is 5.91 Å². The lowest BCUT2D eigenvalue weighted by atomic mass is 9.95. The molecule has 0 rings (SSSR count). The van der Waals surface area contributed by atoms with Crippen LogP contribution in [0.2, 0.25) is 0 Å². The number of primary amides is 1. The first-order valence-corrected chi connectivity index (χ1v) is 4.66. The Bertz CT molecular complexity index is 157. The number of carbonyl (C=O) groups is 1. The van der Waals surface area contributed by atoms with Crippen molar-refractivity contribution < 1.29 is 4.79 Å². The van der Waals surface area contributed by atoms with Gasteiger partial charge in [0.2, 0.25) is 5.91 Å².